The summed E-state index contributed by atoms with van der Waals surface area (Å²) in [5.74, 6) is 0. The fourth-order valence-electron chi connectivity index (χ4n) is 1.51. The summed E-state index contributed by atoms with van der Waals surface area (Å²) in [6.45, 7) is 0. The zero-order valence-electron chi connectivity index (χ0n) is 7.64. The van der Waals surface area contributed by atoms with E-state index in [1.54, 1.807) is 24.3 Å². The minimum atomic E-state index is -3.73. The molecule has 0 aromatic heterocycles. The Balaban J connectivity index is 2.96. The first-order valence-corrected chi connectivity index (χ1v) is 6.53. The molecule has 0 spiro atoms. The minimum Gasteiger partial charge on any atom is -0.207 e. The standard InChI is InChI=1S/C10H6BClO2S/c11-9-5-6-10(15(12,13)14)8-4-2-1-3-7(8)9/h1-6H. The second kappa shape index (κ2) is 3.54. The lowest BCUT2D eigenvalue weighted by Gasteiger charge is -2.05. The van der Waals surface area contributed by atoms with Gasteiger partial charge in [0.25, 0.3) is 9.05 Å². The monoisotopic (exact) mass is 236 g/mol. The van der Waals surface area contributed by atoms with Crippen molar-refractivity contribution in [2.75, 3.05) is 0 Å². The van der Waals surface area contributed by atoms with E-state index < -0.39 is 9.05 Å². The van der Waals surface area contributed by atoms with Crippen LogP contribution in [0.15, 0.2) is 41.3 Å². The zero-order valence-corrected chi connectivity index (χ0v) is 9.22. The summed E-state index contributed by atoms with van der Waals surface area (Å²) < 4.78 is 22.6. The minimum absolute atomic E-state index is 0.0916. The molecule has 0 heterocycles. The average Bonchev–Trinajstić information content (AvgIpc) is 2.17. The number of hydrogen-bond donors (Lipinski definition) is 0. The van der Waals surface area contributed by atoms with Crippen LogP contribution in [0.2, 0.25) is 0 Å². The van der Waals surface area contributed by atoms with Gasteiger partial charge in [0.2, 0.25) is 0 Å². The molecule has 0 aliphatic heterocycles. The second-order valence-electron chi connectivity index (χ2n) is 3.14. The van der Waals surface area contributed by atoms with Gasteiger partial charge in [0, 0.05) is 16.1 Å². The van der Waals surface area contributed by atoms with Crippen molar-refractivity contribution < 1.29 is 8.42 Å². The lowest BCUT2D eigenvalue weighted by Crippen LogP contribution is -2.05. The van der Waals surface area contributed by atoms with Crippen molar-refractivity contribution in [1.82, 2.24) is 0 Å². The number of benzene rings is 2. The highest BCUT2D eigenvalue weighted by molar-refractivity contribution is 8.14. The van der Waals surface area contributed by atoms with Gasteiger partial charge in [-0.25, -0.2) is 8.42 Å². The van der Waals surface area contributed by atoms with E-state index in [1.165, 1.54) is 12.1 Å². The molecular formula is C10H6BClO2S. The van der Waals surface area contributed by atoms with Crippen LogP contribution in [0.1, 0.15) is 0 Å². The van der Waals surface area contributed by atoms with Crippen molar-refractivity contribution >= 4 is 43.8 Å². The summed E-state index contributed by atoms with van der Waals surface area (Å²) in [4.78, 5) is 0.0916. The Labute approximate surface area is 93.7 Å². The summed E-state index contributed by atoms with van der Waals surface area (Å²) in [5.41, 5.74) is 0.537. The summed E-state index contributed by atoms with van der Waals surface area (Å²) in [6.07, 6.45) is 0. The molecule has 0 atom stereocenters. The first kappa shape index (κ1) is 10.5. The SMILES string of the molecule is [B]c1ccc(S(=O)(=O)Cl)c2ccccc12. The molecule has 0 saturated heterocycles. The van der Waals surface area contributed by atoms with Crippen LogP contribution in [0, 0.1) is 0 Å². The molecule has 74 valence electrons. The van der Waals surface area contributed by atoms with Crippen LogP contribution < -0.4 is 5.46 Å². The summed E-state index contributed by atoms with van der Waals surface area (Å²) in [7, 11) is 7.32. The summed E-state index contributed by atoms with van der Waals surface area (Å²) in [5, 5.41) is 1.24. The lowest BCUT2D eigenvalue weighted by molar-refractivity contribution is 0.610. The first-order valence-electron chi connectivity index (χ1n) is 4.22. The highest BCUT2D eigenvalue weighted by Gasteiger charge is 2.14. The zero-order chi connectivity index (χ0) is 11.1. The van der Waals surface area contributed by atoms with Gasteiger partial charge in [-0.05, 0) is 11.5 Å². The van der Waals surface area contributed by atoms with Gasteiger partial charge in [-0.1, -0.05) is 35.8 Å². The van der Waals surface area contributed by atoms with Gasteiger partial charge in [0.1, 0.15) is 7.85 Å². The van der Waals surface area contributed by atoms with Crippen molar-refractivity contribution in [2.24, 2.45) is 0 Å². The first-order chi connectivity index (χ1) is 7.00. The van der Waals surface area contributed by atoms with Crippen LogP contribution in [0.25, 0.3) is 10.8 Å². The van der Waals surface area contributed by atoms with E-state index in [0.717, 1.165) is 0 Å². The Morgan fingerprint density at radius 1 is 1.00 bits per heavy atom. The molecule has 2 radical (unpaired) electrons. The third kappa shape index (κ3) is 1.87. The molecule has 0 saturated carbocycles. The van der Waals surface area contributed by atoms with Crippen molar-refractivity contribution in [2.45, 2.75) is 4.90 Å². The summed E-state index contributed by atoms with van der Waals surface area (Å²) in [6, 6.07) is 9.94. The van der Waals surface area contributed by atoms with Gasteiger partial charge in [-0.15, -0.1) is 0 Å². The Kier molecular flexibility index (Phi) is 2.48. The molecule has 0 bridgehead atoms. The van der Waals surface area contributed by atoms with E-state index >= 15 is 0 Å². The van der Waals surface area contributed by atoms with E-state index in [-0.39, 0.29) is 4.90 Å². The Morgan fingerprint density at radius 3 is 2.20 bits per heavy atom. The maximum absolute atomic E-state index is 11.3. The number of rotatable bonds is 1. The third-order valence-electron chi connectivity index (χ3n) is 2.18. The molecule has 15 heavy (non-hydrogen) atoms. The Bertz CT molecular complexity index is 622. The molecular weight excluding hydrogens is 230 g/mol. The van der Waals surface area contributed by atoms with Gasteiger partial charge >= 0.3 is 0 Å². The highest BCUT2D eigenvalue weighted by Crippen LogP contribution is 2.23. The Hall–Kier alpha value is -0.995. The van der Waals surface area contributed by atoms with Crippen molar-refractivity contribution in [1.29, 1.82) is 0 Å². The molecule has 2 nitrogen and oxygen atoms in total. The van der Waals surface area contributed by atoms with Crippen molar-refractivity contribution in [3.05, 3.63) is 36.4 Å². The molecule has 0 unspecified atom stereocenters. The quantitative estimate of drug-likeness (QED) is 0.556. The number of fused-ring (bicyclic) bond motifs is 1. The van der Waals surface area contributed by atoms with Crippen molar-refractivity contribution in [3.63, 3.8) is 0 Å². The smallest absolute Gasteiger partial charge is 0.207 e. The topological polar surface area (TPSA) is 34.1 Å². The summed E-state index contributed by atoms with van der Waals surface area (Å²) >= 11 is 0. The van der Waals surface area contributed by atoms with Gasteiger partial charge in [0.15, 0.2) is 0 Å². The normalized spacial score (nSPS) is 11.8. The fourth-order valence-corrected chi connectivity index (χ4v) is 2.58. The fraction of sp³-hybridized carbons (Fsp3) is 0. The molecule has 0 N–H and O–H groups in total. The molecule has 0 amide bonds. The van der Waals surface area contributed by atoms with Crippen LogP contribution in [-0.4, -0.2) is 16.3 Å². The molecule has 2 aromatic rings. The Morgan fingerprint density at radius 2 is 1.60 bits per heavy atom. The molecule has 0 aliphatic carbocycles. The average molecular weight is 236 g/mol. The van der Waals surface area contributed by atoms with E-state index in [9.17, 15) is 8.42 Å². The van der Waals surface area contributed by atoms with E-state index in [4.69, 9.17) is 18.5 Å². The van der Waals surface area contributed by atoms with Gasteiger partial charge < -0.3 is 0 Å². The van der Waals surface area contributed by atoms with Gasteiger partial charge in [-0.2, -0.15) is 0 Å². The van der Waals surface area contributed by atoms with E-state index in [2.05, 4.69) is 0 Å². The number of halogens is 1. The lowest BCUT2D eigenvalue weighted by atomic mass is 9.90. The van der Waals surface area contributed by atoms with Crippen LogP contribution >= 0.6 is 10.7 Å². The van der Waals surface area contributed by atoms with Gasteiger partial charge in [0.05, 0.1) is 4.90 Å². The maximum Gasteiger partial charge on any atom is 0.261 e. The van der Waals surface area contributed by atoms with Crippen LogP contribution in [0.3, 0.4) is 0 Å². The predicted molar refractivity (Wildman–Crippen MR) is 62.4 cm³/mol. The molecule has 5 heteroatoms. The molecule has 0 fully saturated rings. The van der Waals surface area contributed by atoms with Crippen LogP contribution in [0.5, 0.6) is 0 Å². The largest absolute Gasteiger partial charge is 0.261 e. The van der Waals surface area contributed by atoms with E-state index in [1.807, 2.05) is 0 Å². The van der Waals surface area contributed by atoms with Crippen LogP contribution in [-0.2, 0) is 9.05 Å². The van der Waals surface area contributed by atoms with Crippen LogP contribution in [0.4, 0.5) is 0 Å². The van der Waals surface area contributed by atoms with Gasteiger partial charge in [-0.3, -0.25) is 0 Å². The van der Waals surface area contributed by atoms with E-state index in [0.29, 0.717) is 16.2 Å². The third-order valence-corrected chi connectivity index (χ3v) is 3.56. The maximum atomic E-state index is 11.3. The highest BCUT2D eigenvalue weighted by atomic mass is 35.7. The predicted octanol–water partition coefficient (Wildman–Crippen LogP) is 1.56. The molecule has 0 aliphatic rings. The molecule has 2 rings (SSSR count). The molecule has 2 aromatic carbocycles. The second-order valence-corrected chi connectivity index (χ2v) is 5.67. The van der Waals surface area contributed by atoms with Crippen molar-refractivity contribution in [3.8, 4) is 0 Å². The number of hydrogen-bond acceptors (Lipinski definition) is 2.